The first-order chi connectivity index (χ1) is 12.0. The summed E-state index contributed by atoms with van der Waals surface area (Å²) in [4.78, 5) is 14.2. The molecule has 25 heavy (non-hydrogen) atoms. The predicted molar refractivity (Wildman–Crippen MR) is 95.7 cm³/mol. The molecule has 0 radical (unpaired) electrons. The Morgan fingerprint density at radius 2 is 2.08 bits per heavy atom. The van der Waals surface area contributed by atoms with E-state index in [1.807, 2.05) is 6.07 Å². The average molecular weight is 374 g/mol. The van der Waals surface area contributed by atoms with E-state index in [0.29, 0.717) is 17.9 Å². The van der Waals surface area contributed by atoms with Crippen molar-refractivity contribution >= 4 is 38.6 Å². The molecule has 0 aliphatic carbocycles. The fourth-order valence-electron chi connectivity index (χ4n) is 2.81. The van der Waals surface area contributed by atoms with E-state index in [0.717, 1.165) is 23.3 Å². The quantitative estimate of drug-likeness (QED) is 0.759. The lowest BCUT2D eigenvalue weighted by atomic mass is 10.1. The van der Waals surface area contributed by atoms with E-state index in [1.54, 1.807) is 46.7 Å². The second-order valence-corrected chi connectivity index (χ2v) is 8.42. The van der Waals surface area contributed by atoms with Gasteiger partial charge in [-0.25, -0.2) is 8.42 Å². The maximum Gasteiger partial charge on any atom is 0.293 e. The molecule has 1 N–H and O–H groups in total. The number of benzene rings is 1. The van der Waals surface area contributed by atoms with Crippen LogP contribution in [0.4, 0.5) is 11.4 Å². The minimum atomic E-state index is -3.62. The number of thiophene rings is 1. The maximum atomic E-state index is 12.5. The lowest BCUT2D eigenvalue weighted by molar-refractivity contribution is 0.0963. The number of anilines is 2. The molecule has 3 heterocycles. The summed E-state index contributed by atoms with van der Waals surface area (Å²) in [6.07, 6.45) is 2.18. The molecule has 8 heteroatoms. The van der Waals surface area contributed by atoms with Gasteiger partial charge in [-0.2, -0.15) is 0 Å². The van der Waals surface area contributed by atoms with Gasteiger partial charge in [-0.15, -0.1) is 11.3 Å². The highest BCUT2D eigenvalue weighted by atomic mass is 32.2. The first-order valence-corrected chi connectivity index (χ1v) is 9.95. The molecule has 128 valence electrons. The van der Waals surface area contributed by atoms with Gasteiger partial charge in [-0.05, 0) is 47.7 Å². The Balaban J connectivity index is 1.64. The van der Waals surface area contributed by atoms with Crippen molar-refractivity contribution in [3.05, 3.63) is 65.4 Å². The van der Waals surface area contributed by atoms with Gasteiger partial charge in [0.1, 0.15) is 4.21 Å². The second kappa shape index (κ2) is 6.05. The van der Waals surface area contributed by atoms with Crippen molar-refractivity contribution in [1.82, 2.24) is 0 Å². The van der Waals surface area contributed by atoms with Gasteiger partial charge < -0.3 is 9.32 Å². The first kappa shape index (κ1) is 15.9. The van der Waals surface area contributed by atoms with E-state index in [4.69, 9.17) is 4.42 Å². The van der Waals surface area contributed by atoms with E-state index in [1.165, 1.54) is 6.26 Å². The van der Waals surface area contributed by atoms with Crippen LogP contribution in [0.15, 0.2) is 62.7 Å². The third-order valence-corrected chi connectivity index (χ3v) is 6.75. The van der Waals surface area contributed by atoms with Crippen LogP contribution in [-0.2, 0) is 16.4 Å². The molecule has 0 bridgehead atoms. The third-order valence-electron chi connectivity index (χ3n) is 3.97. The fourth-order valence-corrected chi connectivity index (χ4v) is 4.85. The van der Waals surface area contributed by atoms with Crippen molar-refractivity contribution in [2.24, 2.45) is 0 Å². The van der Waals surface area contributed by atoms with E-state index < -0.39 is 10.0 Å². The lowest BCUT2D eigenvalue weighted by Gasteiger charge is -2.17. The lowest BCUT2D eigenvalue weighted by Crippen LogP contribution is -2.28. The summed E-state index contributed by atoms with van der Waals surface area (Å²) in [5.41, 5.74) is 2.12. The number of carbonyl (C=O) groups is 1. The average Bonchev–Trinajstić information content (AvgIpc) is 3.33. The number of sulfonamides is 1. The summed E-state index contributed by atoms with van der Waals surface area (Å²) in [7, 11) is -3.62. The van der Waals surface area contributed by atoms with Crippen LogP contribution in [-0.4, -0.2) is 20.9 Å². The minimum Gasteiger partial charge on any atom is -0.459 e. The van der Waals surface area contributed by atoms with Gasteiger partial charge in [0.05, 0.1) is 12.0 Å². The third kappa shape index (κ3) is 2.94. The molecule has 0 spiro atoms. The minimum absolute atomic E-state index is 0.234. The zero-order valence-electron chi connectivity index (χ0n) is 13.0. The summed E-state index contributed by atoms with van der Waals surface area (Å²) >= 11 is 1.15. The van der Waals surface area contributed by atoms with E-state index in [9.17, 15) is 13.2 Å². The number of nitrogens with zero attached hydrogens (tertiary/aromatic N) is 1. The van der Waals surface area contributed by atoms with E-state index in [-0.39, 0.29) is 15.9 Å². The van der Waals surface area contributed by atoms with Crippen LogP contribution in [0, 0.1) is 0 Å². The molecule has 1 aliphatic heterocycles. The number of amides is 1. The van der Waals surface area contributed by atoms with Gasteiger partial charge in [0.15, 0.2) is 5.76 Å². The Morgan fingerprint density at radius 1 is 1.20 bits per heavy atom. The molecule has 0 saturated carbocycles. The fraction of sp³-hybridized carbons (Fsp3) is 0.118. The molecular weight excluding hydrogens is 360 g/mol. The van der Waals surface area contributed by atoms with Crippen molar-refractivity contribution in [1.29, 1.82) is 0 Å². The topological polar surface area (TPSA) is 79.6 Å². The summed E-state index contributed by atoms with van der Waals surface area (Å²) in [6.45, 7) is 0.538. The summed E-state index contributed by atoms with van der Waals surface area (Å²) < 4.78 is 32.7. The van der Waals surface area contributed by atoms with Gasteiger partial charge in [-0.1, -0.05) is 12.1 Å². The molecule has 3 aromatic rings. The Bertz CT molecular complexity index is 1010. The van der Waals surface area contributed by atoms with Crippen LogP contribution in [0.1, 0.15) is 16.1 Å². The van der Waals surface area contributed by atoms with Gasteiger partial charge in [0.2, 0.25) is 0 Å². The Kier molecular flexibility index (Phi) is 3.85. The van der Waals surface area contributed by atoms with Crippen LogP contribution in [0.2, 0.25) is 0 Å². The zero-order valence-corrected chi connectivity index (χ0v) is 14.6. The van der Waals surface area contributed by atoms with E-state index >= 15 is 0 Å². The molecule has 1 amide bonds. The smallest absolute Gasteiger partial charge is 0.293 e. The van der Waals surface area contributed by atoms with Crippen LogP contribution in [0.3, 0.4) is 0 Å². The molecular formula is C17H14N2O4S2. The highest BCUT2D eigenvalue weighted by Crippen LogP contribution is 2.33. The molecule has 6 nitrogen and oxygen atoms in total. The van der Waals surface area contributed by atoms with Crippen molar-refractivity contribution in [3.63, 3.8) is 0 Å². The molecule has 1 aliphatic rings. The first-order valence-electron chi connectivity index (χ1n) is 7.59. The van der Waals surface area contributed by atoms with Crippen LogP contribution < -0.4 is 9.62 Å². The Morgan fingerprint density at radius 3 is 2.80 bits per heavy atom. The SMILES string of the molecule is O=C(c1ccco1)N1CCc2ccc(NS(=O)(=O)c3cccs3)cc21. The number of hydrogen-bond donors (Lipinski definition) is 1. The molecule has 0 atom stereocenters. The number of nitrogens with one attached hydrogen (secondary N) is 1. The van der Waals surface area contributed by atoms with E-state index in [2.05, 4.69) is 4.72 Å². The molecule has 2 aromatic heterocycles. The number of fused-ring (bicyclic) bond motifs is 1. The number of furan rings is 1. The highest BCUT2D eigenvalue weighted by molar-refractivity contribution is 7.94. The van der Waals surface area contributed by atoms with Crippen molar-refractivity contribution in [3.8, 4) is 0 Å². The maximum absolute atomic E-state index is 12.5. The molecule has 0 fully saturated rings. The van der Waals surface area contributed by atoms with Gasteiger partial charge >= 0.3 is 0 Å². The normalized spacial score (nSPS) is 13.7. The Labute approximate surface area is 148 Å². The molecule has 4 rings (SSSR count). The summed E-state index contributed by atoms with van der Waals surface area (Å²) in [5, 5.41) is 1.71. The van der Waals surface area contributed by atoms with Gasteiger partial charge in [-0.3, -0.25) is 9.52 Å². The van der Waals surface area contributed by atoms with Gasteiger partial charge in [0.25, 0.3) is 15.9 Å². The number of rotatable bonds is 4. The monoisotopic (exact) mass is 374 g/mol. The second-order valence-electron chi connectivity index (χ2n) is 5.57. The van der Waals surface area contributed by atoms with Crippen molar-refractivity contribution in [2.45, 2.75) is 10.6 Å². The summed E-state index contributed by atoms with van der Waals surface area (Å²) in [6, 6.07) is 11.8. The van der Waals surface area contributed by atoms with Crippen LogP contribution in [0.25, 0.3) is 0 Å². The highest BCUT2D eigenvalue weighted by Gasteiger charge is 2.28. The number of hydrogen-bond acceptors (Lipinski definition) is 5. The standard InChI is InChI=1S/C17H14N2O4S2/c20-17(15-3-1-9-23-15)19-8-7-12-5-6-13(11-14(12)19)18-25(21,22)16-4-2-10-24-16/h1-6,9-11,18H,7-8H2. The van der Waals surface area contributed by atoms with Crippen molar-refractivity contribution < 1.29 is 17.6 Å². The molecule has 1 aromatic carbocycles. The zero-order chi connectivity index (χ0) is 17.4. The molecule has 0 saturated heterocycles. The largest absolute Gasteiger partial charge is 0.459 e. The number of carbonyl (C=O) groups excluding carboxylic acids is 1. The molecule has 0 unspecified atom stereocenters. The Hall–Kier alpha value is -2.58. The van der Waals surface area contributed by atoms with Crippen LogP contribution in [0.5, 0.6) is 0 Å². The predicted octanol–water partition coefficient (Wildman–Crippen LogP) is 3.34. The summed E-state index contributed by atoms with van der Waals surface area (Å²) in [5.74, 6) is 0.0273. The van der Waals surface area contributed by atoms with Crippen molar-refractivity contribution in [2.75, 3.05) is 16.2 Å². The van der Waals surface area contributed by atoms with Gasteiger partial charge in [0, 0.05) is 12.2 Å². The van der Waals surface area contributed by atoms with Crippen LogP contribution >= 0.6 is 11.3 Å².